The molecule has 0 aromatic carbocycles. The average Bonchev–Trinajstić information content (AvgIpc) is 3.28. The van der Waals surface area contributed by atoms with E-state index in [0.29, 0.717) is 23.5 Å². The van der Waals surface area contributed by atoms with Gasteiger partial charge >= 0.3 is 0 Å². The average molecular weight is 371 g/mol. The highest BCUT2D eigenvalue weighted by Crippen LogP contribution is 2.31. The number of anilines is 1. The first-order valence-electron chi connectivity index (χ1n) is 8.85. The summed E-state index contributed by atoms with van der Waals surface area (Å²) in [5.74, 6) is 0.847. The normalized spacial score (nSPS) is 21.7. The van der Waals surface area contributed by atoms with Crippen LogP contribution in [0, 0.1) is 5.92 Å². The van der Waals surface area contributed by atoms with E-state index < -0.39 is 0 Å². The van der Waals surface area contributed by atoms with Crippen molar-refractivity contribution in [2.24, 2.45) is 5.92 Å². The summed E-state index contributed by atoms with van der Waals surface area (Å²) < 4.78 is 0. The van der Waals surface area contributed by atoms with Crippen LogP contribution in [-0.4, -0.2) is 49.0 Å². The van der Waals surface area contributed by atoms with E-state index >= 15 is 0 Å². The fraction of sp³-hybridized carbons (Fsp3) is 0.765. The zero-order valence-corrected chi connectivity index (χ0v) is 16.1. The molecule has 2 fully saturated rings. The Bertz CT molecular complexity index is 573. The molecule has 1 saturated heterocycles. The Hall–Kier alpha value is -0.850. The number of hydrogen-bond acceptors (Lipinski definition) is 5. The third kappa shape index (κ3) is 5.07. The SMILES string of the molecule is CN(C)c1nc(Cl)c(CN2CCC[C@H](CCC(=O)NC3CC3)C2)s1. The van der Waals surface area contributed by atoms with Crippen LogP contribution in [0.1, 0.15) is 43.4 Å². The molecule has 1 aliphatic heterocycles. The van der Waals surface area contributed by atoms with Gasteiger partial charge in [0.25, 0.3) is 0 Å². The molecule has 2 heterocycles. The molecule has 0 radical (unpaired) electrons. The zero-order chi connectivity index (χ0) is 17.1. The van der Waals surface area contributed by atoms with Gasteiger partial charge in [-0.05, 0) is 44.6 Å². The van der Waals surface area contributed by atoms with Crippen LogP contribution in [0.2, 0.25) is 5.15 Å². The fourth-order valence-electron chi connectivity index (χ4n) is 3.21. The number of carbonyl (C=O) groups excluding carboxylic acids is 1. The van der Waals surface area contributed by atoms with Gasteiger partial charge in [-0.1, -0.05) is 22.9 Å². The third-order valence-corrected chi connectivity index (χ3v) is 6.35. The van der Waals surface area contributed by atoms with Crippen LogP contribution in [0.25, 0.3) is 0 Å². The van der Waals surface area contributed by atoms with Gasteiger partial charge in [-0.15, -0.1) is 0 Å². The molecule has 24 heavy (non-hydrogen) atoms. The van der Waals surface area contributed by atoms with E-state index in [2.05, 4.69) is 15.2 Å². The van der Waals surface area contributed by atoms with Crippen molar-refractivity contribution in [3.05, 3.63) is 10.0 Å². The van der Waals surface area contributed by atoms with Gasteiger partial charge in [-0.25, -0.2) is 4.98 Å². The minimum Gasteiger partial charge on any atom is -0.354 e. The Morgan fingerprint density at radius 1 is 1.42 bits per heavy atom. The van der Waals surface area contributed by atoms with Gasteiger partial charge < -0.3 is 10.2 Å². The van der Waals surface area contributed by atoms with Gasteiger partial charge in [0.15, 0.2) is 5.13 Å². The molecular weight excluding hydrogens is 344 g/mol. The number of nitrogens with one attached hydrogen (secondary N) is 1. The van der Waals surface area contributed by atoms with Crippen LogP contribution < -0.4 is 10.2 Å². The second kappa shape index (κ2) is 8.02. The number of rotatable bonds is 7. The first-order valence-corrected chi connectivity index (χ1v) is 10.0. The lowest BCUT2D eigenvalue weighted by atomic mass is 9.93. The van der Waals surface area contributed by atoms with Crippen LogP contribution in [-0.2, 0) is 11.3 Å². The number of nitrogens with zero attached hydrogens (tertiary/aromatic N) is 3. The highest BCUT2D eigenvalue weighted by molar-refractivity contribution is 7.16. The van der Waals surface area contributed by atoms with Crippen LogP contribution in [0.3, 0.4) is 0 Å². The molecule has 7 heteroatoms. The number of hydrogen-bond donors (Lipinski definition) is 1. The maximum Gasteiger partial charge on any atom is 0.220 e. The lowest BCUT2D eigenvalue weighted by Gasteiger charge is -2.32. The summed E-state index contributed by atoms with van der Waals surface area (Å²) in [4.78, 5) is 21.9. The Morgan fingerprint density at radius 2 is 2.21 bits per heavy atom. The van der Waals surface area contributed by atoms with Crippen LogP contribution in [0.15, 0.2) is 0 Å². The van der Waals surface area contributed by atoms with E-state index in [1.54, 1.807) is 11.3 Å². The summed E-state index contributed by atoms with van der Waals surface area (Å²) in [6.45, 7) is 3.04. The van der Waals surface area contributed by atoms with Gasteiger partial charge in [0, 0.05) is 39.6 Å². The largest absolute Gasteiger partial charge is 0.354 e. The number of aromatic nitrogens is 1. The van der Waals surface area contributed by atoms with E-state index in [1.807, 2.05) is 19.0 Å². The van der Waals surface area contributed by atoms with Crippen molar-refractivity contribution in [3.8, 4) is 0 Å². The van der Waals surface area contributed by atoms with Crippen molar-refractivity contribution < 1.29 is 4.79 Å². The smallest absolute Gasteiger partial charge is 0.220 e. The standard InChI is InChI=1S/C17H27ClN4OS/c1-21(2)17-20-16(18)14(24-17)11-22-9-3-4-12(10-22)5-8-15(23)19-13-6-7-13/h12-13H,3-11H2,1-2H3,(H,19,23)/t12-/m1/s1. The molecule has 134 valence electrons. The van der Waals surface area contributed by atoms with Gasteiger partial charge in [-0.2, -0.15) is 0 Å². The molecular formula is C17H27ClN4OS. The summed E-state index contributed by atoms with van der Waals surface area (Å²) in [7, 11) is 3.98. The number of likely N-dealkylation sites (tertiary alicyclic amines) is 1. The molecule has 2 aliphatic rings. The first kappa shape index (κ1) is 18.0. The van der Waals surface area contributed by atoms with Gasteiger partial charge in [0.2, 0.25) is 5.91 Å². The van der Waals surface area contributed by atoms with Crippen molar-refractivity contribution in [2.45, 2.75) is 51.1 Å². The summed E-state index contributed by atoms with van der Waals surface area (Å²) in [5, 5.41) is 4.68. The molecule has 1 aromatic rings. The van der Waals surface area contributed by atoms with Gasteiger partial charge in [0.1, 0.15) is 5.15 Å². The first-order chi connectivity index (χ1) is 11.5. The van der Waals surface area contributed by atoms with Crippen molar-refractivity contribution in [1.29, 1.82) is 0 Å². The maximum absolute atomic E-state index is 11.9. The van der Waals surface area contributed by atoms with Crippen LogP contribution >= 0.6 is 22.9 Å². The van der Waals surface area contributed by atoms with E-state index in [4.69, 9.17) is 11.6 Å². The molecule has 0 unspecified atom stereocenters. The summed E-state index contributed by atoms with van der Waals surface area (Å²) in [6, 6.07) is 0.472. The molecule has 5 nitrogen and oxygen atoms in total. The monoisotopic (exact) mass is 370 g/mol. The summed E-state index contributed by atoms with van der Waals surface area (Å²) in [5.41, 5.74) is 0. The molecule has 3 rings (SSSR count). The number of amides is 1. The van der Waals surface area contributed by atoms with Crippen LogP contribution in [0.4, 0.5) is 5.13 Å². The van der Waals surface area contributed by atoms with Crippen LogP contribution in [0.5, 0.6) is 0 Å². The van der Waals surface area contributed by atoms with Crippen molar-refractivity contribution in [2.75, 3.05) is 32.1 Å². The van der Waals surface area contributed by atoms with E-state index in [9.17, 15) is 4.79 Å². The van der Waals surface area contributed by atoms with E-state index in [0.717, 1.165) is 48.9 Å². The van der Waals surface area contributed by atoms with Crippen molar-refractivity contribution >= 4 is 34.0 Å². The zero-order valence-electron chi connectivity index (χ0n) is 14.6. The molecule has 1 amide bonds. The molecule has 1 saturated carbocycles. The molecule has 1 N–H and O–H groups in total. The van der Waals surface area contributed by atoms with E-state index in [1.165, 1.54) is 12.8 Å². The number of piperidine rings is 1. The van der Waals surface area contributed by atoms with Gasteiger partial charge in [0.05, 0.1) is 4.88 Å². The minimum absolute atomic E-state index is 0.232. The second-order valence-corrected chi connectivity index (χ2v) is 8.65. The maximum atomic E-state index is 11.9. The van der Waals surface area contributed by atoms with Gasteiger partial charge in [-0.3, -0.25) is 9.69 Å². The minimum atomic E-state index is 0.232. The Labute approximate surface area is 153 Å². The second-order valence-electron chi connectivity index (χ2n) is 7.23. The molecule has 1 aliphatic carbocycles. The highest BCUT2D eigenvalue weighted by Gasteiger charge is 2.25. The molecule has 0 bridgehead atoms. The molecule has 0 spiro atoms. The highest BCUT2D eigenvalue weighted by atomic mass is 35.5. The van der Waals surface area contributed by atoms with Crippen molar-refractivity contribution in [1.82, 2.24) is 15.2 Å². The summed E-state index contributed by atoms with van der Waals surface area (Å²) >= 11 is 7.97. The third-order valence-electron chi connectivity index (χ3n) is 4.71. The Balaban J connectivity index is 1.47. The lowest BCUT2D eigenvalue weighted by molar-refractivity contribution is -0.121. The predicted octanol–water partition coefficient (Wildman–Crippen LogP) is 3.13. The van der Waals surface area contributed by atoms with Crippen molar-refractivity contribution in [3.63, 3.8) is 0 Å². The number of carbonyl (C=O) groups is 1. The number of thiazole rings is 1. The lowest BCUT2D eigenvalue weighted by Crippen LogP contribution is -2.35. The Kier molecular flexibility index (Phi) is 6.00. The quantitative estimate of drug-likeness (QED) is 0.801. The number of halogens is 1. The Morgan fingerprint density at radius 3 is 2.88 bits per heavy atom. The molecule has 1 aromatic heterocycles. The summed E-state index contributed by atoms with van der Waals surface area (Å²) in [6.07, 6.45) is 6.41. The van der Waals surface area contributed by atoms with E-state index in [-0.39, 0.29) is 5.91 Å². The topological polar surface area (TPSA) is 48.5 Å². The fourth-order valence-corrected chi connectivity index (χ4v) is 4.43. The molecule has 1 atom stereocenters. The predicted molar refractivity (Wildman–Crippen MR) is 99.9 cm³/mol.